The minimum atomic E-state index is -3.52. The SMILES string of the molecule is CC(C)(CCl)C(=O)Nc1cccc(S(=O)(=O)NC2CC2)c1. The van der Waals surface area contributed by atoms with Crippen LogP contribution in [0.1, 0.15) is 26.7 Å². The van der Waals surface area contributed by atoms with Crippen molar-refractivity contribution in [3.63, 3.8) is 0 Å². The molecule has 0 atom stereocenters. The number of anilines is 1. The molecule has 0 unspecified atom stereocenters. The van der Waals surface area contributed by atoms with Gasteiger partial charge in [0.05, 0.1) is 10.3 Å². The summed E-state index contributed by atoms with van der Waals surface area (Å²) in [7, 11) is -3.52. The summed E-state index contributed by atoms with van der Waals surface area (Å²) in [6.45, 7) is 3.45. The second kappa shape index (κ2) is 5.94. The van der Waals surface area contributed by atoms with Crippen LogP contribution in [0.15, 0.2) is 29.2 Å². The van der Waals surface area contributed by atoms with Gasteiger partial charge in [-0.15, -0.1) is 11.6 Å². The van der Waals surface area contributed by atoms with E-state index >= 15 is 0 Å². The third-order valence-electron chi connectivity index (χ3n) is 3.25. The standard InChI is InChI=1S/C14H19ClN2O3S/c1-14(2,9-15)13(18)16-11-4-3-5-12(8-11)21(19,20)17-10-6-7-10/h3-5,8,10,17H,6-7,9H2,1-2H3,(H,16,18). The van der Waals surface area contributed by atoms with Crippen molar-refractivity contribution < 1.29 is 13.2 Å². The average molecular weight is 331 g/mol. The molecular formula is C14H19ClN2O3S. The second-order valence-electron chi connectivity index (χ2n) is 5.90. The first-order valence-electron chi connectivity index (χ1n) is 6.74. The van der Waals surface area contributed by atoms with E-state index in [9.17, 15) is 13.2 Å². The van der Waals surface area contributed by atoms with Gasteiger partial charge in [0.2, 0.25) is 15.9 Å². The molecule has 2 rings (SSSR count). The van der Waals surface area contributed by atoms with Gasteiger partial charge in [0.1, 0.15) is 0 Å². The fraction of sp³-hybridized carbons (Fsp3) is 0.500. The van der Waals surface area contributed by atoms with Crippen LogP contribution in [0.2, 0.25) is 0 Å². The number of carbonyl (C=O) groups excluding carboxylic acids is 1. The van der Waals surface area contributed by atoms with E-state index in [1.165, 1.54) is 12.1 Å². The number of hydrogen-bond acceptors (Lipinski definition) is 3. The molecule has 1 aliphatic carbocycles. The number of nitrogens with one attached hydrogen (secondary N) is 2. The first kappa shape index (κ1) is 16.3. The highest BCUT2D eigenvalue weighted by atomic mass is 35.5. The zero-order chi connectivity index (χ0) is 15.7. The number of amides is 1. The van der Waals surface area contributed by atoms with Crippen LogP contribution < -0.4 is 10.0 Å². The summed E-state index contributed by atoms with van der Waals surface area (Å²) in [6.07, 6.45) is 1.75. The number of carbonyl (C=O) groups is 1. The van der Waals surface area contributed by atoms with Gasteiger partial charge in [0.15, 0.2) is 0 Å². The Bertz CT molecular complexity index is 639. The first-order chi connectivity index (χ1) is 9.74. The Morgan fingerprint density at radius 3 is 2.62 bits per heavy atom. The molecule has 1 fully saturated rings. The summed E-state index contributed by atoms with van der Waals surface area (Å²) >= 11 is 5.76. The Balaban J connectivity index is 2.16. The van der Waals surface area contributed by atoms with Gasteiger partial charge in [0, 0.05) is 17.6 Å². The molecule has 0 aromatic heterocycles. The lowest BCUT2D eigenvalue weighted by molar-refractivity contribution is -0.122. The molecule has 1 aliphatic rings. The Labute approximate surface area is 130 Å². The van der Waals surface area contributed by atoms with E-state index in [1.54, 1.807) is 26.0 Å². The molecular weight excluding hydrogens is 312 g/mol. The fourth-order valence-electron chi connectivity index (χ4n) is 1.59. The highest BCUT2D eigenvalue weighted by molar-refractivity contribution is 7.89. The Morgan fingerprint density at radius 2 is 2.05 bits per heavy atom. The van der Waals surface area contributed by atoms with Gasteiger partial charge >= 0.3 is 0 Å². The lowest BCUT2D eigenvalue weighted by Gasteiger charge is -2.20. The summed E-state index contributed by atoms with van der Waals surface area (Å²) in [4.78, 5) is 12.2. The molecule has 1 aromatic carbocycles. The van der Waals surface area contributed by atoms with E-state index in [-0.39, 0.29) is 22.7 Å². The summed E-state index contributed by atoms with van der Waals surface area (Å²) in [5.74, 6) is -0.0673. The first-order valence-corrected chi connectivity index (χ1v) is 8.76. The minimum absolute atomic E-state index is 0.0448. The molecule has 0 bridgehead atoms. The summed E-state index contributed by atoms with van der Waals surface area (Å²) in [5, 5.41) is 2.70. The van der Waals surface area contributed by atoms with Gasteiger partial charge < -0.3 is 5.32 Å². The Hall–Kier alpha value is -1.11. The van der Waals surface area contributed by atoms with Crippen molar-refractivity contribution in [1.82, 2.24) is 4.72 Å². The van der Waals surface area contributed by atoms with Gasteiger partial charge in [0.25, 0.3) is 0 Å². The number of alkyl halides is 1. The Morgan fingerprint density at radius 1 is 1.38 bits per heavy atom. The summed E-state index contributed by atoms with van der Waals surface area (Å²) < 4.78 is 26.9. The summed E-state index contributed by atoms with van der Waals surface area (Å²) in [6, 6.07) is 6.26. The lowest BCUT2D eigenvalue weighted by atomic mass is 9.95. The highest BCUT2D eigenvalue weighted by Crippen LogP contribution is 2.24. The van der Waals surface area contributed by atoms with Crippen LogP contribution in [0.4, 0.5) is 5.69 Å². The largest absolute Gasteiger partial charge is 0.326 e. The molecule has 21 heavy (non-hydrogen) atoms. The molecule has 0 radical (unpaired) electrons. The molecule has 2 N–H and O–H groups in total. The maximum Gasteiger partial charge on any atom is 0.240 e. The monoisotopic (exact) mass is 330 g/mol. The van der Waals surface area contributed by atoms with Crippen LogP contribution in [-0.4, -0.2) is 26.2 Å². The van der Waals surface area contributed by atoms with Crippen molar-refractivity contribution in [2.24, 2.45) is 5.41 Å². The number of halogens is 1. The molecule has 116 valence electrons. The third-order valence-corrected chi connectivity index (χ3v) is 5.44. The van der Waals surface area contributed by atoms with Gasteiger partial charge in [-0.25, -0.2) is 13.1 Å². The number of sulfonamides is 1. The zero-order valence-electron chi connectivity index (χ0n) is 12.0. The Kier molecular flexibility index (Phi) is 4.60. The van der Waals surface area contributed by atoms with E-state index in [0.29, 0.717) is 5.69 Å². The van der Waals surface area contributed by atoms with Crippen LogP contribution in [-0.2, 0) is 14.8 Å². The topological polar surface area (TPSA) is 75.3 Å². The molecule has 0 aliphatic heterocycles. The van der Waals surface area contributed by atoms with Crippen LogP contribution in [0, 0.1) is 5.41 Å². The lowest BCUT2D eigenvalue weighted by Crippen LogP contribution is -2.32. The van der Waals surface area contributed by atoms with Gasteiger partial charge in [-0.2, -0.15) is 0 Å². The van der Waals surface area contributed by atoms with Crippen LogP contribution in [0.3, 0.4) is 0 Å². The average Bonchev–Trinajstić information content (AvgIpc) is 3.22. The van der Waals surface area contributed by atoms with E-state index < -0.39 is 15.4 Å². The summed E-state index contributed by atoms with van der Waals surface area (Å²) in [5.41, 5.74) is -0.278. The van der Waals surface area contributed by atoms with E-state index in [1.807, 2.05) is 0 Å². The van der Waals surface area contributed by atoms with Crippen molar-refractivity contribution in [1.29, 1.82) is 0 Å². The van der Waals surface area contributed by atoms with Gasteiger partial charge in [-0.1, -0.05) is 6.07 Å². The van der Waals surface area contributed by atoms with Crippen LogP contribution in [0.25, 0.3) is 0 Å². The van der Waals surface area contributed by atoms with Crippen LogP contribution >= 0.6 is 11.6 Å². The molecule has 0 spiro atoms. The third kappa shape index (κ3) is 4.18. The molecule has 0 saturated heterocycles. The van der Waals surface area contributed by atoms with Crippen molar-refractivity contribution in [2.45, 2.75) is 37.6 Å². The van der Waals surface area contributed by atoms with E-state index in [2.05, 4.69) is 10.0 Å². The molecule has 1 aromatic rings. The minimum Gasteiger partial charge on any atom is -0.326 e. The van der Waals surface area contributed by atoms with Gasteiger partial charge in [-0.05, 0) is 44.9 Å². The molecule has 1 amide bonds. The van der Waals surface area contributed by atoms with E-state index in [4.69, 9.17) is 11.6 Å². The maximum atomic E-state index is 12.1. The normalized spacial score (nSPS) is 15.8. The predicted octanol–water partition coefficient (Wildman–Crippen LogP) is 2.33. The molecule has 7 heteroatoms. The molecule has 1 saturated carbocycles. The highest BCUT2D eigenvalue weighted by Gasteiger charge is 2.29. The number of rotatable bonds is 6. The molecule has 0 heterocycles. The zero-order valence-corrected chi connectivity index (χ0v) is 13.6. The van der Waals surface area contributed by atoms with Crippen molar-refractivity contribution in [3.05, 3.63) is 24.3 Å². The predicted molar refractivity (Wildman–Crippen MR) is 82.9 cm³/mol. The van der Waals surface area contributed by atoms with Crippen molar-refractivity contribution in [2.75, 3.05) is 11.2 Å². The number of benzene rings is 1. The smallest absolute Gasteiger partial charge is 0.240 e. The molecule has 5 nitrogen and oxygen atoms in total. The van der Waals surface area contributed by atoms with Crippen LogP contribution in [0.5, 0.6) is 0 Å². The van der Waals surface area contributed by atoms with Crippen molar-refractivity contribution >= 4 is 33.2 Å². The fourth-order valence-corrected chi connectivity index (χ4v) is 3.06. The van der Waals surface area contributed by atoms with E-state index in [0.717, 1.165) is 12.8 Å². The van der Waals surface area contributed by atoms with Crippen molar-refractivity contribution in [3.8, 4) is 0 Å². The maximum absolute atomic E-state index is 12.1. The quantitative estimate of drug-likeness (QED) is 0.786. The number of hydrogen-bond donors (Lipinski definition) is 2. The van der Waals surface area contributed by atoms with Gasteiger partial charge in [-0.3, -0.25) is 4.79 Å². The second-order valence-corrected chi connectivity index (χ2v) is 7.88.